The molecule has 0 aliphatic carbocycles. The Balaban J connectivity index is 3.01. The molecule has 17 heavy (non-hydrogen) atoms. The molecule has 2 aromatic rings. The minimum Gasteiger partial charge on any atom is -0.295 e. The predicted octanol–water partition coefficient (Wildman–Crippen LogP) is 1.57. The molecule has 0 saturated heterocycles. The van der Waals surface area contributed by atoms with Crippen LogP contribution >= 0.6 is 26.6 Å². The molecule has 0 radical (unpaired) electrons. The molecule has 0 N–H and O–H groups in total. The van der Waals surface area contributed by atoms with Gasteiger partial charge in [-0.05, 0) is 28.1 Å². The van der Waals surface area contributed by atoms with Crippen LogP contribution < -0.4 is 5.69 Å². The van der Waals surface area contributed by atoms with Crippen molar-refractivity contribution in [1.29, 1.82) is 0 Å². The number of hydrogen-bond donors (Lipinski definition) is 0. The Labute approximate surface area is 110 Å². The van der Waals surface area contributed by atoms with E-state index in [4.69, 9.17) is 10.7 Å². The molecule has 0 spiro atoms. The van der Waals surface area contributed by atoms with Gasteiger partial charge in [-0.25, -0.2) is 13.2 Å². The fourth-order valence-corrected chi connectivity index (χ4v) is 3.86. The summed E-state index contributed by atoms with van der Waals surface area (Å²) in [6, 6.07) is 2.94. The molecule has 5 nitrogen and oxygen atoms in total. The number of rotatable bonds is 1. The van der Waals surface area contributed by atoms with E-state index in [0.29, 0.717) is 15.5 Å². The van der Waals surface area contributed by atoms with E-state index >= 15 is 0 Å². The maximum Gasteiger partial charge on any atom is 0.328 e. The first kappa shape index (κ1) is 12.7. The Morgan fingerprint density at radius 1 is 1.18 bits per heavy atom. The van der Waals surface area contributed by atoms with Crippen molar-refractivity contribution >= 4 is 46.7 Å². The van der Waals surface area contributed by atoms with Crippen molar-refractivity contribution in [3.05, 3.63) is 27.1 Å². The van der Waals surface area contributed by atoms with E-state index in [1.165, 1.54) is 15.2 Å². The zero-order valence-corrected chi connectivity index (χ0v) is 12.1. The Kier molecular flexibility index (Phi) is 2.87. The molecule has 1 aromatic heterocycles. The quantitative estimate of drug-likeness (QED) is 0.741. The van der Waals surface area contributed by atoms with E-state index in [-0.39, 0.29) is 10.6 Å². The minimum atomic E-state index is -3.84. The van der Waals surface area contributed by atoms with Crippen LogP contribution in [0.5, 0.6) is 0 Å². The molecule has 0 aliphatic rings. The normalized spacial score (nSPS) is 12.2. The van der Waals surface area contributed by atoms with Crippen LogP contribution in [0.4, 0.5) is 0 Å². The first-order chi connectivity index (χ1) is 7.73. The summed E-state index contributed by atoms with van der Waals surface area (Å²) in [7, 11) is 4.66. The third-order valence-electron chi connectivity index (χ3n) is 2.59. The average Bonchev–Trinajstić information content (AvgIpc) is 2.41. The van der Waals surface area contributed by atoms with Gasteiger partial charge in [-0.1, -0.05) is 0 Å². The fraction of sp³-hybridized carbons (Fsp3) is 0.222. The molecule has 1 aromatic carbocycles. The SMILES string of the molecule is Cn1c(=O)n(C)c2cc(S(=O)(=O)Cl)c(Br)cc21. The van der Waals surface area contributed by atoms with Crippen molar-refractivity contribution in [2.75, 3.05) is 0 Å². The summed E-state index contributed by atoms with van der Waals surface area (Å²) in [5.74, 6) is 0. The molecule has 0 bridgehead atoms. The summed E-state index contributed by atoms with van der Waals surface area (Å²) in [4.78, 5) is 11.6. The van der Waals surface area contributed by atoms with Crippen LogP contribution in [0.2, 0.25) is 0 Å². The van der Waals surface area contributed by atoms with Crippen LogP contribution in [0.3, 0.4) is 0 Å². The van der Waals surface area contributed by atoms with Gasteiger partial charge in [-0.3, -0.25) is 9.13 Å². The molecule has 1 heterocycles. The molecule has 0 unspecified atom stereocenters. The second-order valence-electron chi connectivity index (χ2n) is 3.61. The average molecular weight is 340 g/mol. The predicted molar refractivity (Wildman–Crippen MR) is 68.9 cm³/mol. The Morgan fingerprint density at radius 2 is 1.65 bits per heavy atom. The standard InChI is InChI=1S/C9H8BrClN2O3S/c1-12-6-3-5(10)8(17(11,15)16)4-7(6)13(2)9(12)14/h3-4H,1-2H3. The highest BCUT2D eigenvalue weighted by atomic mass is 79.9. The number of nitrogens with zero attached hydrogens (tertiary/aromatic N) is 2. The zero-order chi connectivity index (χ0) is 13.0. The Hall–Kier alpha value is -0.790. The maximum atomic E-state index is 11.7. The minimum absolute atomic E-state index is 0.0483. The number of benzene rings is 1. The molecular weight excluding hydrogens is 332 g/mol. The molecule has 0 fully saturated rings. The van der Waals surface area contributed by atoms with E-state index < -0.39 is 9.05 Å². The van der Waals surface area contributed by atoms with Crippen molar-refractivity contribution in [3.63, 3.8) is 0 Å². The summed E-state index contributed by atoms with van der Waals surface area (Å²) in [6.45, 7) is 0. The number of aryl methyl sites for hydroxylation is 2. The summed E-state index contributed by atoms with van der Waals surface area (Å²) in [5, 5.41) is 0. The van der Waals surface area contributed by atoms with Gasteiger partial charge in [0.25, 0.3) is 9.05 Å². The van der Waals surface area contributed by atoms with Crippen LogP contribution in [0, 0.1) is 0 Å². The molecule has 8 heteroatoms. The highest BCUT2D eigenvalue weighted by Crippen LogP contribution is 2.29. The van der Waals surface area contributed by atoms with Gasteiger partial charge in [0.15, 0.2) is 0 Å². The lowest BCUT2D eigenvalue weighted by molar-refractivity contribution is 0.609. The maximum absolute atomic E-state index is 11.7. The van der Waals surface area contributed by atoms with Crippen molar-refractivity contribution in [2.24, 2.45) is 14.1 Å². The lowest BCUT2D eigenvalue weighted by atomic mass is 10.3. The van der Waals surface area contributed by atoms with Gasteiger partial charge in [-0.2, -0.15) is 0 Å². The van der Waals surface area contributed by atoms with E-state index in [1.54, 1.807) is 20.2 Å². The van der Waals surface area contributed by atoms with Gasteiger partial charge < -0.3 is 0 Å². The molecule has 0 amide bonds. The number of hydrogen-bond acceptors (Lipinski definition) is 3. The molecule has 2 rings (SSSR count). The van der Waals surface area contributed by atoms with Crippen molar-refractivity contribution in [1.82, 2.24) is 9.13 Å². The van der Waals surface area contributed by atoms with Crippen LogP contribution in [-0.2, 0) is 23.1 Å². The first-order valence-corrected chi connectivity index (χ1v) is 7.63. The van der Waals surface area contributed by atoms with E-state index in [9.17, 15) is 13.2 Å². The molecular formula is C9H8BrClN2O3S. The molecule has 0 atom stereocenters. The van der Waals surface area contributed by atoms with Gasteiger partial charge in [0.05, 0.1) is 15.9 Å². The summed E-state index contributed by atoms with van der Waals surface area (Å²) in [6.07, 6.45) is 0. The van der Waals surface area contributed by atoms with Crippen molar-refractivity contribution in [2.45, 2.75) is 4.90 Å². The topological polar surface area (TPSA) is 61.1 Å². The number of aromatic nitrogens is 2. The second-order valence-corrected chi connectivity index (χ2v) is 7.00. The highest BCUT2D eigenvalue weighted by Gasteiger charge is 2.18. The highest BCUT2D eigenvalue weighted by molar-refractivity contribution is 9.10. The zero-order valence-electron chi connectivity index (χ0n) is 8.94. The third-order valence-corrected chi connectivity index (χ3v) is 4.87. The summed E-state index contributed by atoms with van der Waals surface area (Å²) < 4.78 is 25.8. The number of halogens is 2. The summed E-state index contributed by atoms with van der Waals surface area (Å²) in [5.41, 5.74) is 0.921. The number of fused-ring (bicyclic) bond motifs is 1. The smallest absolute Gasteiger partial charge is 0.295 e. The van der Waals surface area contributed by atoms with E-state index in [1.807, 2.05) is 0 Å². The number of imidazole rings is 1. The van der Waals surface area contributed by atoms with Crippen LogP contribution in [-0.4, -0.2) is 17.6 Å². The monoisotopic (exact) mass is 338 g/mol. The Morgan fingerprint density at radius 3 is 2.12 bits per heavy atom. The van der Waals surface area contributed by atoms with Gasteiger partial charge in [0.2, 0.25) is 0 Å². The van der Waals surface area contributed by atoms with E-state index in [0.717, 1.165) is 0 Å². The van der Waals surface area contributed by atoms with Gasteiger partial charge in [0.1, 0.15) is 0 Å². The third kappa shape index (κ3) is 1.92. The first-order valence-electron chi connectivity index (χ1n) is 4.53. The molecule has 0 saturated carbocycles. The second kappa shape index (κ2) is 3.86. The Bertz CT molecular complexity index is 776. The fourth-order valence-electron chi connectivity index (χ4n) is 1.69. The lowest BCUT2D eigenvalue weighted by Crippen LogP contribution is -2.19. The van der Waals surface area contributed by atoms with Crippen LogP contribution in [0.1, 0.15) is 0 Å². The van der Waals surface area contributed by atoms with Gasteiger partial charge in [-0.15, -0.1) is 0 Å². The lowest BCUT2D eigenvalue weighted by Gasteiger charge is -2.02. The molecule has 0 aliphatic heterocycles. The van der Waals surface area contributed by atoms with Crippen LogP contribution in [0.15, 0.2) is 26.3 Å². The van der Waals surface area contributed by atoms with Crippen molar-refractivity contribution in [3.8, 4) is 0 Å². The van der Waals surface area contributed by atoms with Gasteiger partial charge in [0, 0.05) is 29.3 Å². The van der Waals surface area contributed by atoms with E-state index in [2.05, 4.69) is 15.9 Å². The molecule has 92 valence electrons. The van der Waals surface area contributed by atoms with Gasteiger partial charge >= 0.3 is 5.69 Å². The largest absolute Gasteiger partial charge is 0.328 e. The van der Waals surface area contributed by atoms with Crippen molar-refractivity contribution < 1.29 is 8.42 Å². The van der Waals surface area contributed by atoms with Crippen LogP contribution in [0.25, 0.3) is 11.0 Å². The summed E-state index contributed by atoms with van der Waals surface area (Å²) >= 11 is 3.13.